The summed E-state index contributed by atoms with van der Waals surface area (Å²) in [5.41, 5.74) is -9.67. The summed E-state index contributed by atoms with van der Waals surface area (Å²) in [6.07, 6.45) is -13.7. The highest BCUT2D eigenvalue weighted by molar-refractivity contribution is 5.83. The zero-order valence-corrected chi connectivity index (χ0v) is 27.5. The van der Waals surface area contributed by atoms with E-state index in [2.05, 4.69) is 0 Å². The van der Waals surface area contributed by atoms with Crippen LogP contribution in [-0.4, -0.2) is 38.5 Å². The molecule has 53 heavy (non-hydrogen) atoms. The number of ether oxygens (including phenoxy) is 4. The number of esters is 2. The van der Waals surface area contributed by atoms with Crippen molar-refractivity contribution in [2.45, 2.75) is 42.2 Å². The summed E-state index contributed by atoms with van der Waals surface area (Å²) in [6.45, 7) is 0. The molecule has 4 aromatic carbocycles. The van der Waals surface area contributed by atoms with Crippen molar-refractivity contribution in [3.05, 3.63) is 155 Å². The van der Waals surface area contributed by atoms with Gasteiger partial charge in [0, 0.05) is 31.8 Å². The maximum atomic E-state index is 14.6. The molecule has 0 N–H and O–H groups in total. The van der Waals surface area contributed by atoms with Crippen LogP contribution in [0.5, 0.6) is 0 Å². The molecule has 0 spiro atoms. The van der Waals surface area contributed by atoms with Crippen LogP contribution in [0.3, 0.4) is 0 Å². The van der Waals surface area contributed by atoms with Gasteiger partial charge in [0.25, 0.3) is 11.2 Å². The van der Waals surface area contributed by atoms with Gasteiger partial charge in [-0.15, -0.1) is 0 Å². The molecule has 0 aromatic heterocycles. The zero-order chi connectivity index (χ0) is 39.2. The lowest BCUT2D eigenvalue weighted by Crippen LogP contribution is -2.52. The highest BCUT2D eigenvalue weighted by atomic mass is 19.4. The number of methoxy groups -OCH3 is 2. The van der Waals surface area contributed by atoms with E-state index in [1.165, 1.54) is 36.4 Å². The maximum Gasteiger partial charge on any atom is 0.432 e. The Morgan fingerprint density at radius 1 is 0.585 bits per heavy atom. The number of halogens is 10. The number of carbonyl (C=O) groups is 2. The number of carbonyl (C=O) groups excluding carboxylic acids is 2. The summed E-state index contributed by atoms with van der Waals surface area (Å²) in [7, 11) is 1.17. The standard InChI is InChI=1S/C37H28F10O6/c1-50-34(36(42,43)44,24-10-5-3-6-11-24)32(48)52-30(22-16-18-26(38)28(40)20-22)14-9-15-31(23-17-19-27(39)29(41)21-23)53-33(49)35(51-2,37(45,46)47)25-12-7-4-8-13-25/h3-14,16-21,30-31H,15H2,1-2H3/b14-9-/t30-,31+,34+,35+/m1/s1. The summed E-state index contributed by atoms with van der Waals surface area (Å²) < 4.78 is 164. The summed E-state index contributed by atoms with van der Waals surface area (Å²) in [6, 6.07) is 15.1. The average Bonchev–Trinajstić information content (AvgIpc) is 3.10. The Morgan fingerprint density at radius 2 is 1.00 bits per heavy atom. The number of hydrogen-bond acceptors (Lipinski definition) is 6. The zero-order valence-electron chi connectivity index (χ0n) is 27.5. The van der Waals surface area contributed by atoms with Crippen molar-refractivity contribution in [3.8, 4) is 0 Å². The van der Waals surface area contributed by atoms with E-state index in [-0.39, 0.29) is 5.56 Å². The third-order valence-electron chi connectivity index (χ3n) is 8.08. The minimum atomic E-state index is -5.44. The maximum absolute atomic E-state index is 14.6. The predicted molar refractivity (Wildman–Crippen MR) is 167 cm³/mol. The molecule has 0 amide bonds. The van der Waals surface area contributed by atoms with Gasteiger partial charge >= 0.3 is 24.3 Å². The topological polar surface area (TPSA) is 71.1 Å². The van der Waals surface area contributed by atoms with Crippen LogP contribution in [0.15, 0.2) is 109 Å². The van der Waals surface area contributed by atoms with Crippen LogP contribution in [0.4, 0.5) is 43.9 Å². The first-order valence-electron chi connectivity index (χ1n) is 15.3. The normalized spacial score (nSPS) is 15.6. The van der Waals surface area contributed by atoms with Gasteiger partial charge in [-0.25, -0.2) is 27.2 Å². The van der Waals surface area contributed by atoms with Crippen molar-refractivity contribution in [3.63, 3.8) is 0 Å². The summed E-state index contributed by atoms with van der Waals surface area (Å²) in [5.74, 6) is -9.81. The third kappa shape index (κ3) is 8.23. The van der Waals surface area contributed by atoms with Gasteiger partial charge in [0.2, 0.25) is 0 Å². The van der Waals surface area contributed by atoms with Crippen molar-refractivity contribution in [2.75, 3.05) is 14.2 Å². The smallest absolute Gasteiger partial charge is 0.432 e. The van der Waals surface area contributed by atoms with Crippen molar-refractivity contribution >= 4 is 11.9 Å². The molecule has 0 unspecified atom stereocenters. The lowest BCUT2D eigenvalue weighted by molar-refractivity contribution is -0.278. The molecule has 4 rings (SSSR count). The van der Waals surface area contributed by atoms with Crippen LogP contribution in [0.25, 0.3) is 0 Å². The minimum Gasteiger partial charge on any atom is -0.454 e. The van der Waals surface area contributed by atoms with Crippen molar-refractivity contribution in [1.29, 1.82) is 0 Å². The second kappa shape index (κ2) is 16.2. The van der Waals surface area contributed by atoms with Gasteiger partial charge in [0.05, 0.1) is 0 Å². The molecular formula is C37H28F10O6. The Labute approximate surface area is 295 Å². The largest absolute Gasteiger partial charge is 0.454 e. The Kier molecular flexibility index (Phi) is 12.4. The van der Waals surface area contributed by atoms with Crippen LogP contribution in [-0.2, 0) is 39.7 Å². The number of hydrogen-bond donors (Lipinski definition) is 0. The lowest BCUT2D eigenvalue weighted by atomic mass is 9.92. The summed E-state index contributed by atoms with van der Waals surface area (Å²) in [4.78, 5) is 26.9. The molecule has 0 bridgehead atoms. The molecule has 282 valence electrons. The van der Waals surface area contributed by atoms with Gasteiger partial charge in [-0.3, -0.25) is 0 Å². The first-order valence-corrected chi connectivity index (χ1v) is 15.3. The second-order valence-electron chi connectivity index (χ2n) is 11.2. The Bertz CT molecular complexity index is 1920. The molecule has 0 saturated carbocycles. The van der Waals surface area contributed by atoms with Crippen molar-refractivity contribution in [1.82, 2.24) is 0 Å². The van der Waals surface area contributed by atoms with E-state index in [9.17, 15) is 53.5 Å². The Morgan fingerprint density at radius 3 is 1.42 bits per heavy atom. The summed E-state index contributed by atoms with van der Waals surface area (Å²) in [5, 5.41) is 0. The van der Waals surface area contributed by atoms with Gasteiger partial charge in [0.1, 0.15) is 12.2 Å². The number of alkyl halides is 6. The SMILES string of the molecule is CO[C@](C(=O)O[C@@H](C/C=C\[C@@H](OC(=O)[C@@](OC)(c1ccccc1)C(F)(F)F)c1ccc(F)c(F)c1)c1ccc(F)c(F)c1)(c1ccccc1)C(F)(F)F. The fourth-order valence-electron chi connectivity index (χ4n) is 5.38. The molecule has 0 aliphatic carbocycles. The highest BCUT2D eigenvalue weighted by Crippen LogP contribution is 2.46. The van der Waals surface area contributed by atoms with E-state index in [0.717, 1.165) is 48.6 Å². The van der Waals surface area contributed by atoms with Gasteiger partial charge in [-0.05, 0) is 41.5 Å². The fourth-order valence-corrected chi connectivity index (χ4v) is 5.38. The van der Waals surface area contributed by atoms with Gasteiger partial charge in [-0.1, -0.05) is 78.9 Å². The van der Waals surface area contributed by atoms with E-state index in [4.69, 9.17) is 18.9 Å². The molecule has 6 nitrogen and oxygen atoms in total. The van der Waals surface area contributed by atoms with Crippen LogP contribution < -0.4 is 0 Å². The third-order valence-corrected chi connectivity index (χ3v) is 8.08. The quantitative estimate of drug-likeness (QED) is 0.0770. The second-order valence-corrected chi connectivity index (χ2v) is 11.2. The molecule has 4 aromatic rings. The van der Waals surface area contributed by atoms with Crippen LogP contribution >= 0.6 is 0 Å². The molecule has 0 radical (unpaired) electrons. The molecule has 0 fully saturated rings. The van der Waals surface area contributed by atoms with Crippen molar-refractivity contribution in [2.24, 2.45) is 0 Å². The molecule has 0 aliphatic heterocycles. The van der Waals surface area contributed by atoms with Crippen LogP contribution in [0, 0.1) is 23.3 Å². The molecular weight excluding hydrogens is 730 g/mol. The first kappa shape index (κ1) is 40.5. The van der Waals surface area contributed by atoms with E-state index in [0.29, 0.717) is 38.5 Å². The first-order chi connectivity index (χ1) is 24.9. The minimum absolute atomic E-state index is 0.386. The fraction of sp³-hybridized carbons (Fsp3) is 0.243. The van der Waals surface area contributed by atoms with E-state index < -0.39 is 94.1 Å². The van der Waals surface area contributed by atoms with Gasteiger partial charge < -0.3 is 18.9 Å². The lowest BCUT2D eigenvalue weighted by Gasteiger charge is -2.34. The molecule has 0 saturated heterocycles. The van der Waals surface area contributed by atoms with E-state index in [1.807, 2.05) is 0 Å². The molecule has 4 atom stereocenters. The number of benzene rings is 4. The average molecular weight is 759 g/mol. The van der Waals surface area contributed by atoms with Crippen molar-refractivity contribution < 1.29 is 72.4 Å². The van der Waals surface area contributed by atoms with Gasteiger partial charge in [0.15, 0.2) is 23.3 Å². The van der Waals surface area contributed by atoms with E-state index in [1.54, 1.807) is 0 Å². The monoisotopic (exact) mass is 758 g/mol. The molecule has 0 heterocycles. The highest BCUT2D eigenvalue weighted by Gasteiger charge is 2.65. The Hall–Kier alpha value is -5.22. The van der Waals surface area contributed by atoms with Crippen LogP contribution in [0.1, 0.15) is 40.9 Å². The Balaban J connectivity index is 1.78. The van der Waals surface area contributed by atoms with Gasteiger partial charge in [-0.2, -0.15) is 26.3 Å². The molecule has 16 heteroatoms. The van der Waals surface area contributed by atoms with E-state index >= 15 is 0 Å². The summed E-state index contributed by atoms with van der Waals surface area (Å²) >= 11 is 0. The molecule has 0 aliphatic rings. The number of rotatable bonds is 13. The van der Waals surface area contributed by atoms with Crippen LogP contribution in [0.2, 0.25) is 0 Å². The predicted octanol–water partition coefficient (Wildman–Crippen LogP) is 9.27.